The van der Waals surface area contributed by atoms with E-state index in [1.165, 1.54) is 43.6 Å². The van der Waals surface area contributed by atoms with Crippen LogP contribution < -0.4 is 31.1 Å². The van der Waals surface area contributed by atoms with E-state index in [9.17, 15) is 24.7 Å². The molecule has 0 spiro atoms. The van der Waals surface area contributed by atoms with Crippen LogP contribution in [0.3, 0.4) is 0 Å². The van der Waals surface area contributed by atoms with Crippen LogP contribution in [0.4, 0.5) is 22.9 Å². The minimum Gasteiger partial charge on any atom is -0.711 e. The van der Waals surface area contributed by atoms with Gasteiger partial charge in [-0.05, 0) is 30.2 Å². The molecule has 4 rings (SSSR count). The van der Waals surface area contributed by atoms with Gasteiger partial charge >= 0.3 is 5.91 Å². The van der Waals surface area contributed by atoms with Crippen LogP contribution in [0.15, 0.2) is 82.5 Å². The second-order valence-corrected chi connectivity index (χ2v) is 8.00. The average Bonchev–Trinajstić information content (AvgIpc) is 2.89. The lowest BCUT2D eigenvalue weighted by Gasteiger charge is -2.22. The number of anilines is 4. The molecule has 0 radical (unpaired) electrons. The number of nitrogens with zero attached hydrogens (tertiary/aromatic N) is 2. The van der Waals surface area contributed by atoms with Gasteiger partial charge in [0.15, 0.2) is 5.75 Å². The SMILES string of the molecule is CC[C@@H](Nc1c(Nc2cccc(C(=O)N(C)c3cccc[n+]3[O-])c2O)c(=O)c1=O)c1ccccc1. The van der Waals surface area contributed by atoms with E-state index in [0.717, 1.165) is 10.5 Å². The molecule has 3 N–H and O–H groups in total. The van der Waals surface area contributed by atoms with Gasteiger partial charge in [-0.2, -0.15) is 4.90 Å². The number of carbonyl (C=O) groups excluding carboxylic acids is 1. The smallest absolute Gasteiger partial charge is 0.344 e. The molecule has 0 fully saturated rings. The number of para-hydroxylation sites is 1. The van der Waals surface area contributed by atoms with Crippen LogP contribution in [0.2, 0.25) is 0 Å². The van der Waals surface area contributed by atoms with Gasteiger partial charge in [-0.25, -0.2) is 9.52 Å². The maximum atomic E-state index is 13.0. The van der Waals surface area contributed by atoms with E-state index < -0.39 is 22.5 Å². The van der Waals surface area contributed by atoms with Crippen molar-refractivity contribution in [2.24, 2.45) is 0 Å². The summed E-state index contributed by atoms with van der Waals surface area (Å²) in [7, 11) is 1.42. The third kappa shape index (κ3) is 4.43. The van der Waals surface area contributed by atoms with Gasteiger partial charge in [0.1, 0.15) is 16.9 Å². The van der Waals surface area contributed by atoms with Gasteiger partial charge in [-0.15, -0.1) is 0 Å². The normalized spacial score (nSPS) is 11.7. The predicted molar refractivity (Wildman–Crippen MR) is 134 cm³/mol. The second kappa shape index (κ2) is 9.68. The van der Waals surface area contributed by atoms with Gasteiger partial charge in [0.2, 0.25) is 0 Å². The van der Waals surface area contributed by atoms with Crippen molar-refractivity contribution in [1.82, 2.24) is 0 Å². The molecule has 1 amide bonds. The fourth-order valence-corrected chi connectivity index (χ4v) is 3.84. The van der Waals surface area contributed by atoms with Crippen molar-refractivity contribution in [2.75, 3.05) is 22.6 Å². The van der Waals surface area contributed by atoms with Crippen LogP contribution in [0.5, 0.6) is 5.75 Å². The highest BCUT2D eigenvalue weighted by Crippen LogP contribution is 2.33. The first kappa shape index (κ1) is 23.5. The first-order valence-corrected chi connectivity index (χ1v) is 11.0. The van der Waals surface area contributed by atoms with E-state index in [2.05, 4.69) is 10.6 Å². The molecule has 0 aliphatic carbocycles. The molecular formula is C26H24N4O5. The fraction of sp³-hybridized carbons (Fsp3) is 0.154. The number of phenols is 1. The van der Waals surface area contributed by atoms with Gasteiger partial charge < -0.3 is 20.9 Å². The Kier molecular flexibility index (Phi) is 6.50. The molecule has 3 aromatic carbocycles. The number of amides is 1. The Morgan fingerprint density at radius 3 is 2.37 bits per heavy atom. The Hall–Kier alpha value is -4.66. The zero-order chi connectivity index (χ0) is 25.1. The topological polar surface area (TPSA) is 126 Å². The zero-order valence-electron chi connectivity index (χ0n) is 19.2. The van der Waals surface area contributed by atoms with Crippen molar-refractivity contribution in [1.29, 1.82) is 0 Å². The lowest BCUT2D eigenvalue weighted by Crippen LogP contribution is -2.39. The van der Waals surface area contributed by atoms with Crippen molar-refractivity contribution < 1.29 is 14.6 Å². The molecule has 0 aliphatic heterocycles. The average molecular weight is 473 g/mol. The first-order valence-electron chi connectivity index (χ1n) is 11.0. The van der Waals surface area contributed by atoms with Crippen LogP contribution in [0, 0.1) is 5.21 Å². The molecule has 9 nitrogen and oxygen atoms in total. The molecule has 1 heterocycles. The summed E-state index contributed by atoms with van der Waals surface area (Å²) >= 11 is 0. The van der Waals surface area contributed by atoms with E-state index in [1.807, 2.05) is 37.3 Å². The van der Waals surface area contributed by atoms with Gasteiger partial charge in [0, 0.05) is 6.07 Å². The van der Waals surface area contributed by atoms with E-state index in [4.69, 9.17) is 0 Å². The molecule has 0 saturated heterocycles. The third-order valence-electron chi connectivity index (χ3n) is 5.82. The Labute approximate surface area is 201 Å². The van der Waals surface area contributed by atoms with Crippen molar-refractivity contribution in [2.45, 2.75) is 19.4 Å². The lowest BCUT2D eigenvalue weighted by atomic mass is 10.0. The quantitative estimate of drug-likeness (QED) is 0.156. The molecule has 9 heteroatoms. The molecular weight excluding hydrogens is 448 g/mol. The highest BCUT2D eigenvalue weighted by Gasteiger charge is 2.28. The number of hydrogen-bond acceptors (Lipinski definition) is 7. The summed E-state index contributed by atoms with van der Waals surface area (Å²) in [5.41, 5.74) is -0.281. The van der Waals surface area contributed by atoms with E-state index in [1.54, 1.807) is 6.07 Å². The molecule has 0 unspecified atom stereocenters. The predicted octanol–water partition coefficient (Wildman–Crippen LogP) is 3.21. The standard InChI is InChI=1S/C26H24N4O5/c1-3-18(16-10-5-4-6-11-16)27-21-22(25(33)24(21)32)28-19-13-9-12-17(23(19)31)26(34)29(2)20-14-7-8-15-30(20)35/h4-15,18,27-28,31H,3H2,1-2H3/t18-/m1/s1. The second-order valence-electron chi connectivity index (χ2n) is 8.00. The van der Waals surface area contributed by atoms with Crippen molar-refractivity contribution >= 4 is 28.8 Å². The summed E-state index contributed by atoms with van der Waals surface area (Å²) in [5, 5.41) is 28.8. The van der Waals surface area contributed by atoms with E-state index in [-0.39, 0.29) is 34.5 Å². The van der Waals surface area contributed by atoms with Crippen LogP contribution in [-0.2, 0) is 0 Å². The number of phenolic OH excluding ortho intramolecular Hbond substituents is 1. The summed E-state index contributed by atoms with van der Waals surface area (Å²) in [6.45, 7) is 1.96. The van der Waals surface area contributed by atoms with Gasteiger partial charge in [-0.3, -0.25) is 9.59 Å². The minimum atomic E-state index is -0.722. The summed E-state index contributed by atoms with van der Waals surface area (Å²) in [5.74, 6) is -0.956. The fourth-order valence-electron chi connectivity index (χ4n) is 3.84. The molecule has 1 aromatic heterocycles. The van der Waals surface area contributed by atoms with Crippen LogP contribution in [-0.4, -0.2) is 18.1 Å². The number of nitrogens with one attached hydrogen (secondary N) is 2. The maximum absolute atomic E-state index is 13.0. The summed E-state index contributed by atoms with van der Waals surface area (Å²) in [6.07, 6.45) is 1.93. The van der Waals surface area contributed by atoms with E-state index in [0.29, 0.717) is 11.2 Å². The maximum Gasteiger partial charge on any atom is 0.344 e. The monoisotopic (exact) mass is 472 g/mol. The number of benzene rings is 2. The summed E-state index contributed by atoms with van der Waals surface area (Å²) in [6, 6.07) is 18.4. The number of pyridine rings is 1. The van der Waals surface area contributed by atoms with Crippen molar-refractivity contribution in [3.63, 3.8) is 0 Å². The van der Waals surface area contributed by atoms with E-state index >= 15 is 0 Å². The largest absolute Gasteiger partial charge is 0.711 e. The molecule has 178 valence electrons. The molecule has 1 atom stereocenters. The lowest BCUT2D eigenvalue weighted by molar-refractivity contribution is -0.591. The Morgan fingerprint density at radius 2 is 1.69 bits per heavy atom. The summed E-state index contributed by atoms with van der Waals surface area (Å²) < 4.78 is 0.537. The Bertz CT molecular complexity index is 1440. The number of rotatable bonds is 8. The van der Waals surface area contributed by atoms with Gasteiger partial charge in [-0.1, -0.05) is 49.4 Å². The Balaban J connectivity index is 1.61. The highest BCUT2D eigenvalue weighted by molar-refractivity contribution is 6.08. The number of aromatic nitrogens is 1. The highest BCUT2D eigenvalue weighted by atomic mass is 16.5. The number of carbonyl (C=O) groups is 1. The first-order chi connectivity index (χ1) is 16.8. The van der Waals surface area contributed by atoms with Gasteiger partial charge in [0.05, 0.1) is 25.0 Å². The van der Waals surface area contributed by atoms with Crippen molar-refractivity contribution in [3.05, 3.63) is 110 Å². The van der Waals surface area contributed by atoms with Crippen LogP contribution >= 0.6 is 0 Å². The zero-order valence-corrected chi connectivity index (χ0v) is 19.2. The molecule has 4 aromatic rings. The molecule has 35 heavy (non-hydrogen) atoms. The van der Waals surface area contributed by atoms with Crippen LogP contribution in [0.25, 0.3) is 0 Å². The molecule has 0 saturated carbocycles. The minimum absolute atomic E-state index is 0.0121. The number of hydrogen-bond donors (Lipinski definition) is 3. The molecule has 0 bridgehead atoms. The van der Waals surface area contributed by atoms with Crippen LogP contribution in [0.1, 0.15) is 35.3 Å². The third-order valence-corrected chi connectivity index (χ3v) is 5.82. The Morgan fingerprint density at radius 1 is 1.00 bits per heavy atom. The number of aromatic hydroxyl groups is 1. The van der Waals surface area contributed by atoms with Crippen molar-refractivity contribution in [3.8, 4) is 5.75 Å². The summed E-state index contributed by atoms with van der Waals surface area (Å²) in [4.78, 5) is 38.8. The van der Waals surface area contributed by atoms with Gasteiger partial charge in [0.25, 0.3) is 16.7 Å². The molecule has 0 aliphatic rings.